The van der Waals surface area contributed by atoms with Crippen molar-refractivity contribution in [1.29, 1.82) is 0 Å². The topological polar surface area (TPSA) is 82.1 Å². The van der Waals surface area contributed by atoms with Crippen LogP contribution in [0, 0.1) is 0 Å². The minimum atomic E-state index is -3.67. The summed E-state index contributed by atoms with van der Waals surface area (Å²) in [6.45, 7) is 17.8. The van der Waals surface area contributed by atoms with Gasteiger partial charge in [-0.1, -0.05) is 53.7 Å². The van der Waals surface area contributed by atoms with Crippen molar-refractivity contribution in [3.05, 3.63) is 28.8 Å². The third kappa shape index (κ3) is 6.57. The highest BCUT2D eigenvalue weighted by Gasteiger charge is 2.40. The smallest absolute Gasteiger partial charge is 0.338 e. The number of carbonyl (C=O) groups excluding carboxylic acids is 1. The van der Waals surface area contributed by atoms with E-state index >= 15 is 0 Å². The van der Waals surface area contributed by atoms with Gasteiger partial charge in [-0.25, -0.2) is 0 Å². The van der Waals surface area contributed by atoms with Crippen molar-refractivity contribution in [3.8, 4) is 5.75 Å². The van der Waals surface area contributed by atoms with E-state index in [4.69, 9.17) is 13.8 Å². The molecule has 7 heteroatoms. The first kappa shape index (κ1) is 26.7. The Morgan fingerprint density at radius 2 is 1.37 bits per heavy atom. The van der Waals surface area contributed by atoms with Crippen LogP contribution in [0.2, 0.25) is 0 Å². The molecule has 1 unspecified atom stereocenters. The number of hydrogen-bond acceptors (Lipinski definition) is 6. The van der Waals surface area contributed by atoms with Crippen LogP contribution in [-0.4, -0.2) is 30.9 Å². The summed E-state index contributed by atoms with van der Waals surface area (Å²) < 4.78 is 30.1. The number of phenols is 1. The first-order valence-electron chi connectivity index (χ1n) is 10.6. The van der Waals surface area contributed by atoms with Gasteiger partial charge in [-0.15, -0.1) is 0 Å². The number of rotatable bonds is 9. The number of esters is 1. The normalized spacial score (nSPS) is 13.9. The van der Waals surface area contributed by atoms with E-state index in [1.165, 1.54) is 0 Å². The fourth-order valence-corrected chi connectivity index (χ4v) is 5.40. The van der Waals surface area contributed by atoms with Crippen molar-refractivity contribution in [2.24, 2.45) is 0 Å². The van der Waals surface area contributed by atoms with Gasteiger partial charge < -0.3 is 18.9 Å². The van der Waals surface area contributed by atoms with Crippen LogP contribution in [0.3, 0.4) is 0 Å². The summed E-state index contributed by atoms with van der Waals surface area (Å²) in [5.41, 5.74) is 0.516. The number of benzene rings is 1. The lowest BCUT2D eigenvalue weighted by Crippen LogP contribution is -2.20. The summed E-state index contributed by atoms with van der Waals surface area (Å²) in [5, 5.41) is 11.0. The predicted molar refractivity (Wildman–Crippen MR) is 120 cm³/mol. The van der Waals surface area contributed by atoms with Crippen LogP contribution >= 0.6 is 7.60 Å². The van der Waals surface area contributed by atoms with E-state index in [0.717, 1.165) is 11.1 Å². The van der Waals surface area contributed by atoms with Gasteiger partial charge in [0.2, 0.25) is 0 Å². The summed E-state index contributed by atoms with van der Waals surface area (Å²) in [4.78, 5) is 12.4. The second-order valence-electron chi connectivity index (χ2n) is 9.36. The minimum absolute atomic E-state index is 0.136. The fourth-order valence-electron chi connectivity index (χ4n) is 3.36. The second kappa shape index (κ2) is 10.3. The zero-order chi connectivity index (χ0) is 23.3. The van der Waals surface area contributed by atoms with Crippen LogP contribution < -0.4 is 0 Å². The molecule has 0 aliphatic heterocycles. The van der Waals surface area contributed by atoms with Crippen LogP contribution in [-0.2, 0) is 34.0 Å². The van der Waals surface area contributed by atoms with E-state index in [-0.39, 0.29) is 42.8 Å². The third-order valence-electron chi connectivity index (χ3n) is 4.80. The van der Waals surface area contributed by atoms with Crippen molar-refractivity contribution >= 4 is 13.6 Å². The van der Waals surface area contributed by atoms with Gasteiger partial charge in [0.15, 0.2) is 0 Å². The van der Waals surface area contributed by atoms with Crippen LogP contribution in [0.5, 0.6) is 5.75 Å². The Balaban J connectivity index is 3.81. The van der Waals surface area contributed by atoms with Crippen molar-refractivity contribution in [2.75, 3.05) is 19.8 Å². The number of aromatic hydroxyl groups is 1. The van der Waals surface area contributed by atoms with Crippen LogP contribution in [0.15, 0.2) is 12.1 Å². The highest BCUT2D eigenvalue weighted by molar-refractivity contribution is 7.54. The molecule has 0 bridgehead atoms. The van der Waals surface area contributed by atoms with E-state index < -0.39 is 19.2 Å². The van der Waals surface area contributed by atoms with Crippen molar-refractivity contribution < 1.29 is 28.3 Å². The van der Waals surface area contributed by atoms with E-state index in [0.29, 0.717) is 5.56 Å². The maximum atomic E-state index is 13.7. The van der Waals surface area contributed by atoms with E-state index in [1.807, 2.05) is 53.7 Å². The molecule has 0 radical (unpaired) electrons. The molecule has 0 aliphatic rings. The molecule has 0 fully saturated rings. The van der Waals surface area contributed by atoms with E-state index in [2.05, 4.69) is 0 Å². The summed E-state index contributed by atoms with van der Waals surface area (Å²) >= 11 is 0. The number of ether oxygens (including phenoxy) is 1. The minimum Gasteiger partial charge on any atom is -0.507 e. The molecule has 6 nitrogen and oxygen atoms in total. The van der Waals surface area contributed by atoms with Gasteiger partial charge in [-0.05, 0) is 48.3 Å². The molecular formula is C23H39O6P. The Bertz CT molecular complexity index is 728. The van der Waals surface area contributed by atoms with Gasteiger partial charge in [-0.2, -0.15) is 0 Å². The maximum Gasteiger partial charge on any atom is 0.338 e. The molecule has 0 aromatic heterocycles. The molecule has 0 aliphatic carbocycles. The SMILES string of the molecule is CCOC(=O)CC(c1cc(C(C)(C)C)c(O)c(C(C)(C)C)c1)P(=O)(OCC)OCC. The second-order valence-corrected chi connectivity index (χ2v) is 11.6. The van der Waals surface area contributed by atoms with Crippen LogP contribution in [0.25, 0.3) is 0 Å². The van der Waals surface area contributed by atoms with Gasteiger partial charge in [0, 0.05) is 0 Å². The van der Waals surface area contributed by atoms with Gasteiger partial charge in [0.05, 0.1) is 31.9 Å². The molecule has 172 valence electrons. The standard InChI is InChI=1S/C23H39O6P/c1-10-27-20(24)15-19(30(26,28-11-2)29-12-3)16-13-17(22(4,5)6)21(25)18(14-16)23(7,8)9/h13-14,19,25H,10-12,15H2,1-9H3. The molecular weight excluding hydrogens is 403 g/mol. The molecule has 1 aromatic rings. The Labute approximate surface area is 181 Å². The molecule has 1 atom stereocenters. The average molecular weight is 443 g/mol. The number of phenolic OH excluding ortho intramolecular Hbond substituents is 1. The molecule has 1 aromatic carbocycles. The monoisotopic (exact) mass is 442 g/mol. The summed E-state index contributed by atoms with van der Waals surface area (Å²) in [6.07, 6.45) is -0.136. The number of carbonyl (C=O) groups is 1. The van der Waals surface area contributed by atoms with Gasteiger partial charge in [0.25, 0.3) is 0 Å². The quantitative estimate of drug-likeness (QED) is 0.360. The molecule has 0 saturated carbocycles. The Kier molecular flexibility index (Phi) is 9.16. The lowest BCUT2D eigenvalue weighted by Gasteiger charge is -2.31. The molecule has 1 N–H and O–H groups in total. The Morgan fingerprint density at radius 1 is 0.933 bits per heavy atom. The Hall–Kier alpha value is -1.36. The van der Waals surface area contributed by atoms with Crippen LogP contribution in [0.1, 0.15) is 91.1 Å². The molecule has 30 heavy (non-hydrogen) atoms. The molecule has 1 rings (SSSR count). The summed E-state index contributed by atoms with van der Waals surface area (Å²) in [6, 6.07) is 3.64. The molecule has 0 spiro atoms. The highest BCUT2D eigenvalue weighted by Crippen LogP contribution is 2.63. The van der Waals surface area contributed by atoms with Crippen molar-refractivity contribution in [3.63, 3.8) is 0 Å². The van der Waals surface area contributed by atoms with E-state index in [9.17, 15) is 14.5 Å². The molecule has 0 saturated heterocycles. The van der Waals surface area contributed by atoms with Crippen molar-refractivity contribution in [2.45, 2.75) is 85.2 Å². The zero-order valence-corrected chi connectivity index (χ0v) is 20.9. The van der Waals surface area contributed by atoms with Gasteiger partial charge in [-0.3, -0.25) is 9.36 Å². The van der Waals surface area contributed by atoms with Gasteiger partial charge in [0.1, 0.15) is 5.75 Å². The predicted octanol–water partition coefficient (Wildman–Crippen LogP) is 6.25. The largest absolute Gasteiger partial charge is 0.507 e. The van der Waals surface area contributed by atoms with Gasteiger partial charge >= 0.3 is 13.6 Å². The number of hydrogen-bond donors (Lipinski definition) is 1. The van der Waals surface area contributed by atoms with E-state index in [1.54, 1.807) is 20.8 Å². The summed E-state index contributed by atoms with van der Waals surface area (Å²) in [7, 11) is -3.67. The average Bonchev–Trinajstić information content (AvgIpc) is 2.58. The Morgan fingerprint density at radius 3 is 1.70 bits per heavy atom. The zero-order valence-electron chi connectivity index (χ0n) is 20.0. The van der Waals surface area contributed by atoms with Crippen LogP contribution in [0.4, 0.5) is 0 Å². The molecule has 0 heterocycles. The van der Waals surface area contributed by atoms with Crippen molar-refractivity contribution in [1.82, 2.24) is 0 Å². The lowest BCUT2D eigenvalue weighted by atomic mass is 9.78. The summed E-state index contributed by atoms with van der Waals surface area (Å²) in [5.74, 6) is -0.249. The fraction of sp³-hybridized carbons (Fsp3) is 0.696. The molecule has 0 amide bonds. The lowest BCUT2D eigenvalue weighted by molar-refractivity contribution is -0.143. The first-order valence-corrected chi connectivity index (χ1v) is 12.2. The highest BCUT2D eigenvalue weighted by atomic mass is 31.2. The maximum absolute atomic E-state index is 13.7. The first-order chi connectivity index (χ1) is 13.7. The third-order valence-corrected chi connectivity index (χ3v) is 7.28.